The number of hydrogen-bond acceptors (Lipinski definition) is 5. The molecule has 0 bridgehead atoms. The second-order valence-electron chi connectivity index (χ2n) is 6.76. The molecular formula is C23H22N4OS2. The summed E-state index contributed by atoms with van der Waals surface area (Å²) in [6, 6.07) is 19.9. The molecule has 0 saturated carbocycles. The molecule has 0 aliphatic rings. The molecule has 0 fully saturated rings. The van der Waals surface area contributed by atoms with E-state index in [1.54, 1.807) is 29.7 Å². The van der Waals surface area contributed by atoms with Gasteiger partial charge in [0.2, 0.25) is 5.91 Å². The summed E-state index contributed by atoms with van der Waals surface area (Å²) in [5.74, 6) is 2.49. The third-order valence-corrected chi connectivity index (χ3v) is 6.21. The van der Waals surface area contributed by atoms with Crippen molar-refractivity contribution >= 4 is 46.2 Å². The molecule has 0 radical (unpaired) electrons. The SMILES string of the molecule is CSCc1nc2ccccc2n1CC(=O)Nc1ccc(SCc2cccnc2)cc1. The summed E-state index contributed by atoms with van der Waals surface area (Å²) < 4.78 is 2.00. The van der Waals surface area contributed by atoms with Crippen molar-refractivity contribution in [2.45, 2.75) is 22.9 Å². The first-order valence-electron chi connectivity index (χ1n) is 9.57. The minimum atomic E-state index is -0.0590. The Morgan fingerprint density at radius 1 is 1.03 bits per heavy atom. The maximum atomic E-state index is 12.7. The average Bonchev–Trinajstić information content (AvgIpc) is 3.11. The molecule has 1 N–H and O–H groups in total. The molecule has 7 heteroatoms. The summed E-state index contributed by atoms with van der Waals surface area (Å²) in [4.78, 5) is 22.7. The third kappa shape index (κ3) is 5.04. The molecule has 2 aromatic carbocycles. The van der Waals surface area contributed by atoms with Gasteiger partial charge < -0.3 is 9.88 Å². The summed E-state index contributed by atoms with van der Waals surface area (Å²) >= 11 is 3.44. The van der Waals surface area contributed by atoms with Crippen LogP contribution in [0.1, 0.15) is 11.4 Å². The van der Waals surface area contributed by atoms with Crippen LogP contribution >= 0.6 is 23.5 Å². The summed E-state index contributed by atoms with van der Waals surface area (Å²) in [5, 5.41) is 3.00. The van der Waals surface area contributed by atoms with Gasteiger partial charge in [0.1, 0.15) is 12.4 Å². The maximum absolute atomic E-state index is 12.7. The number of carbonyl (C=O) groups excluding carboxylic acids is 1. The maximum Gasteiger partial charge on any atom is 0.244 e. The van der Waals surface area contributed by atoms with Gasteiger partial charge in [0.25, 0.3) is 0 Å². The van der Waals surface area contributed by atoms with E-state index >= 15 is 0 Å². The Bertz CT molecular complexity index is 1130. The molecular weight excluding hydrogens is 412 g/mol. The number of para-hydroxylation sites is 2. The number of pyridine rings is 1. The molecule has 0 unspecified atom stereocenters. The predicted molar refractivity (Wildman–Crippen MR) is 126 cm³/mol. The van der Waals surface area contributed by atoms with Crippen LogP contribution in [0.4, 0.5) is 5.69 Å². The van der Waals surface area contributed by atoms with Gasteiger partial charge in [0.05, 0.1) is 16.8 Å². The van der Waals surface area contributed by atoms with Gasteiger partial charge in [0, 0.05) is 28.7 Å². The van der Waals surface area contributed by atoms with Crippen LogP contribution in [0.5, 0.6) is 0 Å². The first-order chi connectivity index (χ1) is 14.7. The molecule has 0 saturated heterocycles. The Labute approximate surface area is 184 Å². The fourth-order valence-corrected chi connectivity index (χ4v) is 4.48. The van der Waals surface area contributed by atoms with Gasteiger partial charge in [0.15, 0.2) is 0 Å². The number of thioether (sulfide) groups is 2. The van der Waals surface area contributed by atoms with Crippen molar-refractivity contribution in [3.63, 3.8) is 0 Å². The lowest BCUT2D eigenvalue weighted by molar-refractivity contribution is -0.116. The highest BCUT2D eigenvalue weighted by atomic mass is 32.2. The van der Waals surface area contributed by atoms with Gasteiger partial charge in [-0.05, 0) is 54.3 Å². The van der Waals surface area contributed by atoms with E-state index in [-0.39, 0.29) is 12.5 Å². The van der Waals surface area contributed by atoms with Gasteiger partial charge >= 0.3 is 0 Å². The van der Waals surface area contributed by atoms with Crippen molar-refractivity contribution in [1.29, 1.82) is 0 Å². The van der Waals surface area contributed by atoms with Gasteiger partial charge in [-0.1, -0.05) is 18.2 Å². The van der Waals surface area contributed by atoms with E-state index in [1.807, 2.05) is 71.6 Å². The van der Waals surface area contributed by atoms with Crippen LogP contribution in [0.2, 0.25) is 0 Å². The van der Waals surface area contributed by atoms with E-state index < -0.39 is 0 Å². The van der Waals surface area contributed by atoms with E-state index in [1.165, 1.54) is 5.56 Å². The molecule has 0 aliphatic heterocycles. The minimum absolute atomic E-state index is 0.0590. The fraction of sp³-hybridized carbons (Fsp3) is 0.174. The highest BCUT2D eigenvalue weighted by Crippen LogP contribution is 2.24. The third-order valence-electron chi connectivity index (χ3n) is 4.58. The zero-order valence-electron chi connectivity index (χ0n) is 16.6. The number of rotatable bonds is 8. The molecule has 2 aromatic heterocycles. The number of hydrogen-bond donors (Lipinski definition) is 1. The second kappa shape index (κ2) is 9.82. The average molecular weight is 435 g/mol. The van der Waals surface area contributed by atoms with Crippen LogP contribution < -0.4 is 5.32 Å². The van der Waals surface area contributed by atoms with Crippen molar-refractivity contribution in [3.8, 4) is 0 Å². The van der Waals surface area contributed by atoms with Gasteiger partial charge in [-0.25, -0.2) is 4.98 Å². The zero-order chi connectivity index (χ0) is 20.8. The Morgan fingerprint density at radius 2 is 1.87 bits per heavy atom. The Balaban J connectivity index is 1.39. The number of amides is 1. The number of nitrogens with one attached hydrogen (secondary N) is 1. The molecule has 2 heterocycles. The quantitative estimate of drug-likeness (QED) is 0.385. The van der Waals surface area contributed by atoms with Crippen molar-refractivity contribution in [1.82, 2.24) is 14.5 Å². The highest BCUT2D eigenvalue weighted by molar-refractivity contribution is 7.98. The number of anilines is 1. The van der Waals surface area contributed by atoms with E-state index in [0.717, 1.165) is 38.9 Å². The minimum Gasteiger partial charge on any atom is -0.325 e. The second-order valence-corrected chi connectivity index (χ2v) is 8.67. The number of fused-ring (bicyclic) bond motifs is 1. The lowest BCUT2D eigenvalue weighted by Gasteiger charge is -2.10. The molecule has 30 heavy (non-hydrogen) atoms. The first-order valence-corrected chi connectivity index (χ1v) is 12.0. The Hall–Kier alpha value is -2.77. The van der Waals surface area contributed by atoms with Crippen molar-refractivity contribution in [2.75, 3.05) is 11.6 Å². The van der Waals surface area contributed by atoms with E-state index in [2.05, 4.69) is 21.4 Å². The van der Waals surface area contributed by atoms with Crippen LogP contribution in [0.25, 0.3) is 11.0 Å². The molecule has 0 aliphatic carbocycles. The summed E-state index contributed by atoms with van der Waals surface area (Å²) in [6.07, 6.45) is 5.70. The van der Waals surface area contributed by atoms with Crippen molar-refractivity contribution < 1.29 is 4.79 Å². The molecule has 0 atom stereocenters. The van der Waals surface area contributed by atoms with Crippen molar-refractivity contribution in [3.05, 3.63) is 84.4 Å². The van der Waals surface area contributed by atoms with Crippen LogP contribution in [-0.4, -0.2) is 26.7 Å². The number of imidazole rings is 1. The highest BCUT2D eigenvalue weighted by Gasteiger charge is 2.13. The first kappa shape index (κ1) is 20.5. The molecule has 152 valence electrons. The molecule has 1 amide bonds. The molecule has 0 spiro atoms. The lowest BCUT2D eigenvalue weighted by Crippen LogP contribution is -2.20. The van der Waals surface area contributed by atoms with Gasteiger partial charge in [-0.15, -0.1) is 11.8 Å². The summed E-state index contributed by atoms with van der Waals surface area (Å²) in [6.45, 7) is 0.244. The lowest BCUT2D eigenvalue weighted by atomic mass is 10.3. The Kier molecular flexibility index (Phi) is 6.71. The van der Waals surface area contributed by atoms with Gasteiger partial charge in [-0.2, -0.15) is 11.8 Å². The van der Waals surface area contributed by atoms with E-state index in [9.17, 15) is 4.79 Å². The summed E-state index contributed by atoms with van der Waals surface area (Å²) in [7, 11) is 0. The van der Waals surface area contributed by atoms with Gasteiger partial charge in [-0.3, -0.25) is 9.78 Å². The fourth-order valence-electron chi connectivity index (χ4n) is 3.17. The molecule has 4 aromatic rings. The standard InChI is InChI=1S/C23H22N4OS2/c1-29-16-22-26-20-6-2-3-7-21(20)27(22)14-23(28)25-18-8-10-19(11-9-18)30-15-17-5-4-12-24-13-17/h2-13H,14-16H2,1H3,(H,25,28). The number of benzene rings is 2. The number of carbonyl (C=O) groups is 1. The van der Waals surface area contributed by atoms with E-state index in [4.69, 9.17) is 0 Å². The smallest absolute Gasteiger partial charge is 0.244 e. The zero-order valence-corrected chi connectivity index (χ0v) is 18.2. The number of aromatic nitrogens is 3. The molecule has 4 rings (SSSR count). The summed E-state index contributed by atoms with van der Waals surface area (Å²) in [5.41, 5.74) is 3.89. The normalized spacial score (nSPS) is 11.0. The molecule has 5 nitrogen and oxygen atoms in total. The van der Waals surface area contributed by atoms with Crippen LogP contribution in [-0.2, 0) is 22.8 Å². The number of nitrogens with zero attached hydrogens (tertiary/aromatic N) is 3. The van der Waals surface area contributed by atoms with Crippen LogP contribution in [0.3, 0.4) is 0 Å². The monoisotopic (exact) mass is 434 g/mol. The van der Waals surface area contributed by atoms with E-state index in [0.29, 0.717) is 0 Å². The topological polar surface area (TPSA) is 59.8 Å². The van der Waals surface area contributed by atoms with Crippen molar-refractivity contribution in [2.24, 2.45) is 0 Å². The predicted octanol–water partition coefficient (Wildman–Crippen LogP) is 5.23. The van der Waals surface area contributed by atoms with Crippen LogP contribution in [0.15, 0.2) is 78.0 Å². The largest absolute Gasteiger partial charge is 0.325 e. The Morgan fingerprint density at radius 3 is 2.63 bits per heavy atom. The van der Waals surface area contributed by atoms with Crippen LogP contribution in [0, 0.1) is 0 Å².